The highest BCUT2D eigenvalue weighted by Gasteiger charge is 2.30. The lowest BCUT2D eigenvalue weighted by molar-refractivity contribution is -0.134. The molecule has 5 heteroatoms. The molecule has 1 aliphatic heterocycles. The van der Waals surface area contributed by atoms with Gasteiger partial charge >= 0.3 is 5.97 Å². The third-order valence-corrected chi connectivity index (χ3v) is 3.53. The van der Waals surface area contributed by atoms with Gasteiger partial charge in [0.25, 0.3) is 0 Å². The van der Waals surface area contributed by atoms with Gasteiger partial charge in [-0.2, -0.15) is 0 Å². The van der Waals surface area contributed by atoms with Crippen molar-refractivity contribution in [1.82, 2.24) is 4.90 Å². The van der Waals surface area contributed by atoms with E-state index in [0.717, 1.165) is 17.4 Å². The van der Waals surface area contributed by atoms with E-state index in [0.29, 0.717) is 19.4 Å². The van der Waals surface area contributed by atoms with Crippen LogP contribution in [-0.4, -0.2) is 36.2 Å². The summed E-state index contributed by atoms with van der Waals surface area (Å²) in [5.74, 6) is -0.452. The van der Waals surface area contributed by atoms with Crippen LogP contribution < -0.4 is 0 Å². The Morgan fingerprint density at radius 1 is 1.43 bits per heavy atom. The maximum atomic E-state index is 11.8. The second kappa shape index (κ2) is 6.83. The van der Waals surface area contributed by atoms with Gasteiger partial charge in [0.05, 0.1) is 13.2 Å². The Morgan fingerprint density at radius 3 is 2.90 bits per heavy atom. The van der Waals surface area contributed by atoms with Crippen LogP contribution in [0.4, 0.5) is 0 Å². The zero-order valence-electron chi connectivity index (χ0n) is 11.8. The molecule has 2 rings (SSSR count). The molecule has 0 unspecified atom stereocenters. The molecule has 1 heterocycles. The molecule has 0 radical (unpaired) electrons. The molecule has 0 spiro atoms. The van der Waals surface area contributed by atoms with Gasteiger partial charge in [0.2, 0.25) is 5.91 Å². The first kappa shape index (κ1) is 15.0. The molecule has 0 saturated carbocycles. The second-order valence-corrected chi connectivity index (χ2v) is 4.82. The number of nitrogens with zero attached hydrogens (tertiary/aromatic N) is 1. The molecule has 21 heavy (non-hydrogen) atoms. The fourth-order valence-corrected chi connectivity index (χ4v) is 2.35. The number of likely N-dealkylation sites (tertiary alicyclic amines) is 1. The SMILES string of the molecule is COC(=O)C=Cc1ccccc1CN1C(=O)CC[C@@H]1C=O. The Labute approximate surface area is 123 Å². The number of esters is 1. The number of methoxy groups -OCH3 is 1. The molecule has 0 bridgehead atoms. The molecule has 1 amide bonds. The van der Waals surface area contributed by atoms with Gasteiger partial charge in [-0.25, -0.2) is 4.79 Å². The minimum absolute atomic E-state index is 0.0150. The van der Waals surface area contributed by atoms with Gasteiger partial charge in [-0.05, 0) is 23.6 Å². The lowest BCUT2D eigenvalue weighted by atomic mass is 10.1. The molecule has 1 aliphatic rings. The molecule has 1 aromatic rings. The van der Waals surface area contributed by atoms with Gasteiger partial charge < -0.3 is 14.4 Å². The number of carbonyl (C=O) groups excluding carboxylic acids is 3. The number of hydrogen-bond acceptors (Lipinski definition) is 4. The van der Waals surface area contributed by atoms with Crippen LogP contribution in [0.25, 0.3) is 6.08 Å². The smallest absolute Gasteiger partial charge is 0.330 e. The van der Waals surface area contributed by atoms with Crippen molar-refractivity contribution in [3.63, 3.8) is 0 Å². The molecular formula is C16H17NO4. The van der Waals surface area contributed by atoms with Crippen molar-refractivity contribution < 1.29 is 19.1 Å². The highest BCUT2D eigenvalue weighted by Crippen LogP contribution is 2.22. The van der Waals surface area contributed by atoms with Crippen molar-refractivity contribution in [3.8, 4) is 0 Å². The average Bonchev–Trinajstić information content (AvgIpc) is 2.86. The average molecular weight is 287 g/mol. The number of benzene rings is 1. The first-order valence-electron chi connectivity index (χ1n) is 6.74. The van der Waals surface area contributed by atoms with E-state index in [1.54, 1.807) is 11.0 Å². The van der Waals surface area contributed by atoms with Crippen molar-refractivity contribution in [2.45, 2.75) is 25.4 Å². The maximum Gasteiger partial charge on any atom is 0.330 e. The van der Waals surface area contributed by atoms with E-state index in [9.17, 15) is 14.4 Å². The van der Waals surface area contributed by atoms with E-state index in [2.05, 4.69) is 4.74 Å². The summed E-state index contributed by atoms with van der Waals surface area (Å²) in [5, 5.41) is 0. The topological polar surface area (TPSA) is 63.7 Å². The van der Waals surface area contributed by atoms with E-state index in [4.69, 9.17) is 0 Å². The van der Waals surface area contributed by atoms with Crippen LogP contribution in [0.3, 0.4) is 0 Å². The molecule has 1 aromatic carbocycles. The monoisotopic (exact) mass is 287 g/mol. The Bertz CT molecular complexity index is 579. The van der Waals surface area contributed by atoms with Crippen LogP contribution in [0.5, 0.6) is 0 Å². The number of aldehydes is 1. The summed E-state index contributed by atoms with van der Waals surface area (Å²) in [5.41, 5.74) is 1.71. The second-order valence-electron chi connectivity index (χ2n) is 4.82. The predicted molar refractivity (Wildman–Crippen MR) is 77.1 cm³/mol. The summed E-state index contributed by atoms with van der Waals surface area (Å²) < 4.78 is 4.56. The lowest BCUT2D eigenvalue weighted by Crippen LogP contribution is -2.33. The Morgan fingerprint density at radius 2 is 2.19 bits per heavy atom. The molecule has 1 fully saturated rings. The largest absolute Gasteiger partial charge is 0.466 e. The minimum atomic E-state index is -0.437. The molecule has 0 aromatic heterocycles. The van der Waals surface area contributed by atoms with Crippen LogP contribution in [0.2, 0.25) is 0 Å². The fourth-order valence-electron chi connectivity index (χ4n) is 2.35. The van der Waals surface area contributed by atoms with Crippen molar-refractivity contribution >= 4 is 24.2 Å². The quantitative estimate of drug-likeness (QED) is 0.468. The summed E-state index contributed by atoms with van der Waals surface area (Å²) in [6, 6.07) is 7.09. The van der Waals surface area contributed by atoms with Crippen LogP contribution in [0, 0.1) is 0 Å². The first-order valence-corrected chi connectivity index (χ1v) is 6.74. The number of hydrogen-bond donors (Lipinski definition) is 0. The Balaban J connectivity index is 2.20. The Hall–Kier alpha value is -2.43. The van der Waals surface area contributed by atoms with E-state index in [-0.39, 0.29) is 11.9 Å². The molecule has 0 N–H and O–H groups in total. The number of ether oxygens (including phenoxy) is 1. The molecule has 1 atom stereocenters. The van der Waals surface area contributed by atoms with E-state index >= 15 is 0 Å². The van der Waals surface area contributed by atoms with Crippen LogP contribution >= 0.6 is 0 Å². The number of amides is 1. The summed E-state index contributed by atoms with van der Waals surface area (Å²) in [4.78, 5) is 35.6. The maximum absolute atomic E-state index is 11.8. The van der Waals surface area contributed by atoms with E-state index < -0.39 is 5.97 Å². The standard InChI is InChI=1S/C16H17NO4/c1-21-16(20)9-6-12-4-2-3-5-13(12)10-17-14(11-18)7-8-15(17)19/h2-6,9,11,14H,7-8,10H2,1H3/t14-/m1/s1. The normalized spacial score (nSPS) is 18.2. The highest BCUT2D eigenvalue weighted by atomic mass is 16.5. The Kier molecular flexibility index (Phi) is 4.87. The highest BCUT2D eigenvalue weighted by molar-refractivity contribution is 5.87. The van der Waals surface area contributed by atoms with Gasteiger partial charge in [-0.3, -0.25) is 4.79 Å². The molecule has 5 nitrogen and oxygen atoms in total. The molecule has 1 saturated heterocycles. The molecule has 110 valence electrons. The lowest BCUT2D eigenvalue weighted by Gasteiger charge is -2.21. The zero-order chi connectivity index (χ0) is 15.2. The molecular weight excluding hydrogens is 270 g/mol. The van der Waals surface area contributed by atoms with Gasteiger partial charge in [-0.1, -0.05) is 24.3 Å². The summed E-state index contributed by atoms with van der Waals surface area (Å²) >= 11 is 0. The van der Waals surface area contributed by atoms with Gasteiger partial charge in [-0.15, -0.1) is 0 Å². The van der Waals surface area contributed by atoms with Crippen molar-refractivity contribution in [2.24, 2.45) is 0 Å². The van der Waals surface area contributed by atoms with Crippen LogP contribution in [-0.2, 0) is 25.7 Å². The zero-order valence-corrected chi connectivity index (χ0v) is 11.8. The summed E-state index contributed by atoms with van der Waals surface area (Å²) in [6.45, 7) is 0.365. The van der Waals surface area contributed by atoms with Crippen LogP contribution in [0.15, 0.2) is 30.3 Å². The van der Waals surface area contributed by atoms with Gasteiger partial charge in [0.15, 0.2) is 0 Å². The van der Waals surface area contributed by atoms with Crippen molar-refractivity contribution in [2.75, 3.05) is 7.11 Å². The van der Waals surface area contributed by atoms with Crippen LogP contribution in [0.1, 0.15) is 24.0 Å². The third kappa shape index (κ3) is 3.56. The summed E-state index contributed by atoms with van der Waals surface area (Å²) in [7, 11) is 1.32. The predicted octanol–water partition coefficient (Wildman–Crippen LogP) is 1.56. The fraction of sp³-hybridized carbons (Fsp3) is 0.312. The number of rotatable bonds is 5. The van der Waals surface area contributed by atoms with E-state index in [1.807, 2.05) is 24.3 Å². The molecule has 0 aliphatic carbocycles. The third-order valence-electron chi connectivity index (χ3n) is 3.53. The van der Waals surface area contributed by atoms with Gasteiger partial charge in [0, 0.05) is 19.0 Å². The first-order chi connectivity index (χ1) is 10.2. The van der Waals surface area contributed by atoms with Crippen molar-refractivity contribution in [1.29, 1.82) is 0 Å². The summed E-state index contributed by atoms with van der Waals surface area (Å²) in [6.07, 6.45) is 4.78. The van der Waals surface area contributed by atoms with E-state index in [1.165, 1.54) is 13.2 Å². The van der Waals surface area contributed by atoms with Crippen molar-refractivity contribution in [3.05, 3.63) is 41.5 Å². The number of carbonyl (C=O) groups is 3. The minimum Gasteiger partial charge on any atom is -0.466 e. The van der Waals surface area contributed by atoms with Gasteiger partial charge in [0.1, 0.15) is 6.29 Å².